The molecule has 0 spiro atoms. The fourth-order valence-electron chi connectivity index (χ4n) is 4.66. The van der Waals surface area contributed by atoms with Gasteiger partial charge in [-0.05, 0) is 31.2 Å². The minimum absolute atomic E-state index is 0.0107. The van der Waals surface area contributed by atoms with Gasteiger partial charge in [0.1, 0.15) is 17.7 Å². The average molecular weight is 473 g/mol. The summed E-state index contributed by atoms with van der Waals surface area (Å²) in [6, 6.07) is 6.32. The number of hydrogen-bond acceptors (Lipinski definition) is 5. The molecular weight excluding hydrogens is 456 g/mol. The van der Waals surface area contributed by atoms with Crippen LogP contribution >= 0.6 is 0 Å². The quantitative estimate of drug-likeness (QED) is 0.368. The second-order valence-corrected chi connectivity index (χ2v) is 8.10. The molecule has 0 unspecified atom stereocenters. The Hall–Kier alpha value is -4.59. The largest absolute Gasteiger partial charge is 0.490 e. The molecule has 0 saturated heterocycles. The molecule has 35 heavy (non-hydrogen) atoms. The van der Waals surface area contributed by atoms with Crippen molar-refractivity contribution in [2.75, 3.05) is 6.61 Å². The number of halogens is 2. The highest BCUT2D eigenvalue weighted by Gasteiger charge is 2.33. The summed E-state index contributed by atoms with van der Waals surface area (Å²) < 4.78 is 39.3. The van der Waals surface area contributed by atoms with Crippen molar-refractivity contribution in [1.82, 2.24) is 28.7 Å². The minimum Gasteiger partial charge on any atom is -0.490 e. The Morgan fingerprint density at radius 1 is 1.17 bits per heavy atom. The summed E-state index contributed by atoms with van der Waals surface area (Å²) in [7, 11) is 0. The second kappa shape index (κ2) is 7.73. The van der Waals surface area contributed by atoms with Gasteiger partial charge in [0.25, 0.3) is 0 Å². The first-order chi connectivity index (χ1) is 17.0. The molecule has 4 heterocycles. The van der Waals surface area contributed by atoms with E-state index in [9.17, 15) is 13.6 Å². The van der Waals surface area contributed by atoms with Crippen LogP contribution in [0.25, 0.3) is 33.0 Å². The number of aryl methyl sites for hydroxylation is 1. The number of hydrogen-bond donors (Lipinski definition) is 0. The summed E-state index contributed by atoms with van der Waals surface area (Å²) in [6.07, 6.45) is 3.33. The Bertz CT molecular complexity index is 1750. The Labute approximate surface area is 196 Å². The summed E-state index contributed by atoms with van der Waals surface area (Å²) >= 11 is 0. The second-order valence-electron chi connectivity index (χ2n) is 8.10. The summed E-state index contributed by atoms with van der Waals surface area (Å²) in [6.45, 7) is 9.56. The van der Waals surface area contributed by atoms with E-state index in [0.29, 0.717) is 28.8 Å². The summed E-state index contributed by atoms with van der Waals surface area (Å²) in [5.74, 6) is -1.30. The van der Waals surface area contributed by atoms with E-state index < -0.39 is 23.4 Å². The molecule has 9 nitrogen and oxygen atoms in total. The van der Waals surface area contributed by atoms with E-state index in [1.54, 1.807) is 22.8 Å². The van der Waals surface area contributed by atoms with E-state index in [4.69, 9.17) is 11.3 Å². The zero-order valence-electron chi connectivity index (χ0n) is 18.4. The maximum absolute atomic E-state index is 14.9. The molecule has 0 aliphatic carbocycles. The molecule has 5 aromatic rings. The zero-order chi connectivity index (χ0) is 24.3. The predicted molar refractivity (Wildman–Crippen MR) is 123 cm³/mol. The molecule has 0 radical (unpaired) electrons. The molecule has 1 aliphatic rings. The standard InChI is InChI=1S/C24H17F2N7O2/c1-3-31-19-11-28-23(32-12-29-16-7-4-13(27-2)10-18(16)32)30-22(19)33(24(31)34)17-8-9-35-21-15(26)6-5-14(25)20(17)21/h4-7,10-12,17H,3,8-9H2,1H3/t17-/m1/s1. The van der Waals surface area contributed by atoms with Gasteiger partial charge < -0.3 is 4.74 Å². The lowest BCUT2D eigenvalue weighted by Crippen LogP contribution is -2.31. The van der Waals surface area contributed by atoms with E-state index in [1.807, 2.05) is 6.92 Å². The first-order valence-corrected chi connectivity index (χ1v) is 10.9. The van der Waals surface area contributed by atoms with Crippen LogP contribution in [-0.2, 0) is 6.54 Å². The third-order valence-corrected chi connectivity index (χ3v) is 6.26. The molecule has 0 fully saturated rings. The number of aromatic nitrogens is 6. The molecule has 1 aliphatic heterocycles. The van der Waals surface area contributed by atoms with Crippen molar-refractivity contribution in [2.24, 2.45) is 0 Å². The topological polar surface area (TPSA) is 84.1 Å². The van der Waals surface area contributed by atoms with Gasteiger partial charge in [0, 0.05) is 13.0 Å². The van der Waals surface area contributed by atoms with Gasteiger partial charge in [-0.1, -0.05) is 6.07 Å². The van der Waals surface area contributed by atoms with Crippen LogP contribution in [0.4, 0.5) is 14.5 Å². The SMILES string of the molecule is [C-]#[N+]c1ccc2ncn(-c3ncc4c(n3)n([C@@H]3CCOc5c(F)ccc(F)c53)c(=O)n4CC)c2c1. The summed E-state index contributed by atoms with van der Waals surface area (Å²) in [5.41, 5.74) is 2.06. The van der Waals surface area contributed by atoms with Crippen LogP contribution in [0, 0.1) is 18.2 Å². The van der Waals surface area contributed by atoms with Crippen molar-refractivity contribution in [1.29, 1.82) is 0 Å². The number of ether oxygens (including phenoxy) is 1. The molecule has 0 bridgehead atoms. The van der Waals surface area contributed by atoms with Gasteiger partial charge in [-0.25, -0.2) is 28.4 Å². The summed E-state index contributed by atoms with van der Waals surface area (Å²) in [4.78, 5) is 30.4. The average Bonchev–Trinajstić information content (AvgIpc) is 3.42. The molecule has 174 valence electrons. The lowest BCUT2D eigenvalue weighted by molar-refractivity contribution is 0.238. The van der Waals surface area contributed by atoms with Crippen molar-refractivity contribution in [3.8, 4) is 11.7 Å². The van der Waals surface area contributed by atoms with Crippen LogP contribution in [0.5, 0.6) is 5.75 Å². The van der Waals surface area contributed by atoms with Crippen LogP contribution in [-0.4, -0.2) is 35.3 Å². The van der Waals surface area contributed by atoms with Crippen molar-refractivity contribution in [2.45, 2.75) is 25.9 Å². The number of benzene rings is 2. The maximum Gasteiger partial charge on any atom is 0.330 e. The van der Waals surface area contributed by atoms with E-state index in [2.05, 4.69) is 19.8 Å². The van der Waals surface area contributed by atoms with Crippen LogP contribution in [0.3, 0.4) is 0 Å². The van der Waals surface area contributed by atoms with Crippen molar-refractivity contribution < 1.29 is 13.5 Å². The van der Waals surface area contributed by atoms with Crippen LogP contribution in [0.1, 0.15) is 24.9 Å². The molecule has 1 atom stereocenters. The molecule has 0 amide bonds. The number of nitrogens with zero attached hydrogens (tertiary/aromatic N) is 7. The maximum atomic E-state index is 14.9. The normalized spacial score (nSPS) is 15.2. The molecule has 6 rings (SSSR count). The third kappa shape index (κ3) is 3.03. The lowest BCUT2D eigenvalue weighted by atomic mass is 9.99. The molecule has 2 aromatic carbocycles. The first kappa shape index (κ1) is 21.0. The van der Waals surface area contributed by atoms with E-state index in [0.717, 1.165) is 12.1 Å². The minimum atomic E-state index is -0.812. The van der Waals surface area contributed by atoms with Crippen LogP contribution in [0.2, 0.25) is 0 Å². The van der Waals surface area contributed by atoms with E-state index in [1.165, 1.54) is 21.7 Å². The van der Waals surface area contributed by atoms with E-state index in [-0.39, 0.29) is 35.9 Å². The van der Waals surface area contributed by atoms with Gasteiger partial charge in [0.15, 0.2) is 22.9 Å². The van der Waals surface area contributed by atoms with Gasteiger partial charge in [0.2, 0.25) is 5.95 Å². The molecule has 0 saturated carbocycles. The van der Waals surface area contributed by atoms with Gasteiger partial charge in [0.05, 0.1) is 42.0 Å². The highest BCUT2D eigenvalue weighted by atomic mass is 19.1. The number of imidazole rings is 2. The fraction of sp³-hybridized carbons (Fsp3) is 0.208. The van der Waals surface area contributed by atoms with Crippen molar-refractivity contribution in [3.63, 3.8) is 0 Å². The number of rotatable bonds is 3. The smallest absolute Gasteiger partial charge is 0.330 e. The Morgan fingerprint density at radius 2 is 2.00 bits per heavy atom. The van der Waals surface area contributed by atoms with Crippen molar-refractivity contribution in [3.05, 3.63) is 82.0 Å². The Kier molecular flexibility index (Phi) is 4.63. The predicted octanol–water partition coefficient (Wildman–Crippen LogP) is 4.15. The van der Waals surface area contributed by atoms with Gasteiger partial charge in [-0.15, -0.1) is 0 Å². The summed E-state index contributed by atoms with van der Waals surface area (Å²) in [5, 5.41) is 0. The third-order valence-electron chi connectivity index (χ3n) is 6.26. The van der Waals surface area contributed by atoms with Crippen LogP contribution in [0.15, 0.2) is 47.7 Å². The molecular formula is C24H17F2N7O2. The van der Waals surface area contributed by atoms with Gasteiger partial charge >= 0.3 is 5.69 Å². The lowest BCUT2D eigenvalue weighted by Gasteiger charge is -2.27. The zero-order valence-corrected chi connectivity index (χ0v) is 18.4. The highest BCUT2D eigenvalue weighted by molar-refractivity contribution is 5.81. The Morgan fingerprint density at radius 3 is 2.80 bits per heavy atom. The molecule has 11 heteroatoms. The molecule has 3 aromatic heterocycles. The fourth-order valence-corrected chi connectivity index (χ4v) is 4.66. The highest BCUT2D eigenvalue weighted by Crippen LogP contribution is 2.39. The number of fused-ring (bicyclic) bond motifs is 3. The van der Waals surface area contributed by atoms with Crippen LogP contribution < -0.4 is 10.4 Å². The van der Waals surface area contributed by atoms with Gasteiger partial charge in [-0.2, -0.15) is 4.98 Å². The first-order valence-electron chi connectivity index (χ1n) is 10.9. The monoisotopic (exact) mass is 473 g/mol. The van der Waals surface area contributed by atoms with Crippen molar-refractivity contribution >= 4 is 27.9 Å². The molecule has 0 N–H and O–H groups in total. The Balaban J connectivity index is 1.62. The van der Waals surface area contributed by atoms with Gasteiger partial charge in [-0.3, -0.25) is 13.7 Å². The van der Waals surface area contributed by atoms with E-state index >= 15 is 0 Å².